The first-order chi connectivity index (χ1) is 11.8. The number of amides is 1. The van der Waals surface area contributed by atoms with Gasteiger partial charge in [-0.3, -0.25) is 4.79 Å². The molecule has 5 rings (SSSR count). The van der Waals surface area contributed by atoms with Crippen LogP contribution >= 0.6 is 22.7 Å². The van der Waals surface area contributed by atoms with Gasteiger partial charge in [0, 0.05) is 22.8 Å². The highest BCUT2D eigenvalue weighted by atomic mass is 32.1. The molecule has 0 fully saturated rings. The molecule has 1 amide bonds. The van der Waals surface area contributed by atoms with E-state index in [0.29, 0.717) is 6.42 Å². The number of thiophene rings is 1. The first kappa shape index (κ1) is 13.9. The maximum atomic E-state index is 12.2. The second kappa shape index (κ2) is 5.25. The summed E-state index contributed by atoms with van der Waals surface area (Å²) in [5.74, 6) is 0.823. The molecule has 0 spiro atoms. The summed E-state index contributed by atoms with van der Waals surface area (Å²) in [6, 6.07) is 12.1. The van der Waals surface area contributed by atoms with Crippen molar-refractivity contribution in [2.45, 2.75) is 12.3 Å². The van der Waals surface area contributed by atoms with Crippen molar-refractivity contribution >= 4 is 44.6 Å². The van der Waals surface area contributed by atoms with Gasteiger partial charge in [-0.25, -0.2) is 4.98 Å². The summed E-state index contributed by atoms with van der Waals surface area (Å²) in [5, 5.41) is 10.3. The van der Waals surface area contributed by atoms with Gasteiger partial charge in [0.25, 0.3) is 0 Å². The molecule has 4 aromatic rings. The van der Waals surface area contributed by atoms with Gasteiger partial charge in [-0.05, 0) is 23.6 Å². The quantitative estimate of drug-likeness (QED) is 0.593. The molecule has 1 aromatic carbocycles. The molecule has 5 nitrogen and oxygen atoms in total. The largest absolute Gasteiger partial charge is 0.310 e. The zero-order valence-corrected chi connectivity index (χ0v) is 14.1. The molecule has 3 aromatic heterocycles. The number of aromatic nitrogens is 3. The van der Waals surface area contributed by atoms with Crippen LogP contribution in [0.5, 0.6) is 0 Å². The molecule has 7 heteroatoms. The highest BCUT2D eigenvalue weighted by Crippen LogP contribution is 2.40. The molecule has 1 N–H and O–H groups in total. The molecule has 4 heterocycles. The summed E-state index contributed by atoms with van der Waals surface area (Å²) in [6.07, 6.45) is 2.31. The highest BCUT2D eigenvalue weighted by Gasteiger charge is 2.31. The van der Waals surface area contributed by atoms with Crippen LogP contribution in [-0.2, 0) is 4.79 Å². The van der Waals surface area contributed by atoms with Crippen LogP contribution in [0.1, 0.15) is 22.8 Å². The predicted octanol–water partition coefficient (Wildman–Crippen LogP) is 4.02. The predicted molar refractivity (Wildman–Crippen MR) is 96.2 cm³/mol. The minimum absolute atomic E-state index is 0.0174. The number of nitrogens with zero attached hydrogens (tertiary/aromatic N) is 3. The number of carbonyl (C=O) groups is 1. The van der Waals surface area contributed by atoms with E-state index in [9.17, 15) is 4.79 Å². The van der Waals surface area contributed by atoms with Gasteiger partial charge in [0.1, 0.15) is 5.82 Å². The summed E-state index contributed by atoms with van der Waals surface area (Å²) in [7, 11) is 0. The molecule has 0 aliphatic carbocycles. The van der Waals surface area contributed by atoms with E-state index in [1.807, 2.05) is 41.9 Å². The number of hydrogen-bond donors (Lipinski definition) is 1. The van der Waals surface area contributed by atoms with Gasteiger partial charge < -0.3 is 5.32 Å². The Balaban J connectivity index is 1.66. The van der Waals surface area contributed by atoms with Crippen molar-refractivity contribution in [1.82, 2.24) is 14.8 Å². The van der Waals surface area contributed by atoms with Crippen molar-refractivity contribution in [2.24, 2.45) is 0 Å². The summed E-state index contributed by atoms with van der Waals surface area (Å²) in [5.41, 5.74) is 2.00. The van der Waals surface area contributed by atoms with Gasteiger partial charge in [0.05, 0.1) is 16.4 Å². The van der Waals surface area contributed by atoms with Crippen molar-refractivity contribution in [3.05, 3.63) is 58.4 Å². The van der Waals surface area contributed by atoms with Crippen molar-refractivity contribution in [2.75, 3.05) is 5.32 Å². The zero-order valence-electron chi connectivity index (χ0n) is 12.5. The Labute approximate surface area is 145 Å². The second-order valence-corrected chi connectivity index (χ2v) is 7.63. The van der Waals surface area contributed by atoms with Crippen LogP contribution in [0.3, 0.4) is 0 Å². The summed E-state index contributed by atoms with van der Waals surface area (Å²) < 4.78 is 2.85. The minimum atomic E-state index is 0.0174. The maximum Gasteiger partial charge on any atom is 0.226 e. The molecule has 1 aliphatic rings. The van der Waals surface area contributed by atoms with Crippen LogP contribution in [0.2, 0.25) is 0 Å². The van der Waals surface area contributed by atoms with Crippen molar-refractivity contribution in [3.63, 3.8) is 0 Å². The van der Waals surface area contributed by atoms with E-state index in [2.05, 4.69) is 21.5 Å². The van der Waals surface area contributed by atoms with Crippen LogP contribution in [0.25, 0.3) is 15.3 Å². The molecular formula is C17H12N4OS2. The lowest BCUT2D eigenvalue weighted by Gasteiger charge is -2.22. The lowest BCUT2D eigenvalue weighted by atomic mass is 9.93. The maximum absolute atomic E-state index is 12.2. The van der Waals surface area contributed by atoms with Gasteiger partial charge in [-0.1, -0.05) is 29.5 Å². The van der Waals surface area contributed by atoms with E-state index in [4.69, 9.17) is 0 Å². The third kappa shape index (κ3) is 2.09. The minimum Gasteiger partial charge on any atom is -0.310 e. The van der Waals surface area contributed by atoms with Crippen molar-refractivity contribution < 1.29 is 4.79 Å². The summed E-state index contributed by atoms with van der Waals surface area (Å²) in [4.78, 5) is 18.1. The van der Waals surface area contributed by atoms with Crippen LogP contribution in [0.4, 0.5) is 5.82 Å². The SMILES string of the molecule is O=C1CC(c2cccs2)c2cnn(-c3nc4ccccc4s3)c2N1. The normalized spacial score (nSPS) is 17.0. The smallest absolute Gasteiger partial charge is 0.226 e. The molecule has 24 heavy (non-hydrogen) atoms. The molecule has 1 aliphatic heterocycles. The first-order valence-electron chi connectivity index (χ1n) is 7.57. The first-order valence-corrected chi connectivity index (χ1v) is 9.26. The molecule has 1 unspecified atom stereocenters. The number of nitrogens with one attached hydrogen (secondary N) is 1. The third-order valence-corrected chi connectivity index (χ3v) is 6.17. The fraction of sp³-hybridized carbons (Fsp3) is 0.118. The zero-order chi connectivity index (χ0) is 16.1. The van der Waals surface area contributed by atoms with Crippen molar-refractivity contribution in [1.29, 1.82) is 0 Å². The van der Waals surface area contributed by atoms with Gasteiger partial charge >= 0.3 is 0 Å². The molecule has 0 radical (unpaired) electrons. The van der Waals surface area contributed by atoms with Crippen LogP contribution in [0, 0.1) is 0 Å². The fourth-order valence-electron chi connectivity index (χ4n) is 3.06. The van der Waals surface area contributed by atoms with Crippen molar-refractivity contribution in [3.8, 4) is 5.13 Å². The van der Waals surface area contributed by atoms with E-state index in [1.165, 1.54) is 4.88 Å². The Morgan fingerprint density at radius 1 is 1.21 bits per heavy atom. The summed E-state index contributed by atoms with van der Waals surface area (Å²) >= 11 is 3.24. The highest BCUT2D eigenvalue weighted by molar-refractivity contribution is 7.20. The van der Waals surface area contributed by atoms with E-state index in [0.717, 1.165) is 26.7 Å². The number of rotatable bonds is 2. The van der Waals surface area contributed by atoms with Gasteiger partial charge in [0.2, 0.25) is 11.0 Å². The van der Waals surface area contributed by atoms with Gasteiger partial charge in [-0.2, -0.15) is 9.78 Å². The number of para-hydroxylation sites is 1. The van der Waals surface area contributed by atoms with Crippen LogP contribution < -0.4 is 5.32 Å². The Bertz CT molecular complexity index is 1010. The number of anilines is 1. The Morgan fingerprint density at radius 3 is 2.96 bits per heavy atom. The summed E-state index contributed by atoms with van der Waals surface area (Å²) in [6.45, 7) is 0. The molecular weight excluding hydrogens is 340 g/mol. The van der Waals surface area contributed by atoms with Gasteiger partial charge in [0.15, 0.2) is 0 Å². The standard InChI is InChI=1S/C17H12N4OS2/c22-15-8-10(13-6-3-7-23-13)11-9-18-21(16(11)20-15)17-19-12-4-1-2-5-14(12)24-17/h1-7,9-10H,8H2,(H,20,22). The third-order valence-electron chi connectivity index (χ3n) is 4.17. The topological polar surface area (TPSA) is 59.8 Å². The van der Waals surface area contributed by atoms with E-state index in [-0.39, 0.29) is 11.8 Å². The second-order valence-electron chi connectivity index (χ2n) is 5.64. The Hall–Kier alpha value is -2.51. The number of thiazole rings is 1. The molecule has 0 bridgehead atoms. The number of hydrogen-bond acceptors (Lipinski definition) is 5. The van der Waals surface area contributed by atoms with Crippen LogP contribution in [-0.4, -0.2) is 20.7 Å². The lowest BCUT2D eigenvalue weighted by molar-refractivity contribution is -0.116. The number of benzene rings is 1. The molecule has 0 saturated heterocycles. The fourth-order valence-corrected chi connectivity index (χ4v) is 4.84. The number of carbonyl (C=O) groups excluding carboxylic acids is 1. The monoisotopic (exact) mass is 352 g/mol. The lowest BCUT2D eigenvalue weighted by Crippen LogP contribution is -2.24. The Morgan fingerprint density at radius 2 is 2.12 bits per heavy atom. The average molecular weight is 352 g/mol. The van der Waals surface area contributed by atoms with E-state index in [1.54, 1.807) is 27.4 Å². The molecule has 118 valence electrons. The number of fused-ring (bicyclic) bond motifs is 2. The van der Waals surface area contributed by atoms with E-state index < -0.39 is 0 Å². The van der Waals surface area contributed by atoms with E-state index >= 15 is 0 Å². The molecule has 1 atom stereocenters. The average Bonchev–Trinajstić information content (AvgIpc) is 3.32. The Kier molecular flexibility index (Phi) is 3.04. The molecule has 0 saturated carbocycles. The van der Waals surface area contributed by atoms with Crippen LogP contribution in [0.15, 0.2) is 48.0 Å². The van der Waals surface area contributed by atoms with Gasteiger partial charge in [-0.15, -0.1) is 11.3 Å².